The SMILES string of the molecule is CCOC(=O)C(F)(F)S(=O)(=O)c1nc2ccccc2n1C. The highest BCUT2D eigenvalue weighted by atomic mass is 32.2. The Bertz CT molecular complexity index is 799. The van der Waals surface area contributed by atoms with Crippen LogP contribution in [0, 0.1) is 0 Å². The third-order valence-corrected chi connectivity index (χ3v) is 4.52. The van der Waals surface area contributed by atoms with Gasteiger partial charge in [-0.25, -0.2) is 18.2 Å². The molecular formula is C12H12F2N2O4S. The zero-order valence-corrected chi connectivity index (χ0v) is 12.0. The Balaban J connectivity index is 2.62. The van der Waals surface area contributed by atoms with Gasteiger partial charge >= 0.3 is 11.2 Å². The number of halogens is 2. The van der Waals surface area contributed by atoms with E-state index in [1.165, 1.54) is 26.1 Å². The van der Waals surface area contributed by atoms with Crippen molar-refractivity contribution in [3.05, 3.63) is 24.3 Å². The van der Waals surface area contributed by atoms with E-state index in [4.69, 9.17) is 0 Å². The molecular weight excluding hydrogens is 306 g/mol. The van der Waals surface area contributed by atoms with Crippen LogP contribution >= 0.6 is 0 Å². The maximum absolute atomic E-state index is 13.9. The van der Waals surface area contributed by atoms with E-state index in [-0.39, 0.29) is 12.1 Å². The van der Waals surface area contributed by atoms with E-state index in [1.807, 2.05) is 0 Å². The number of ether oxygens (including phenoxy) is 1. The molecule has 1 aromatic carbocycles. The number of sulfone groups is 1. The van der Waals surface area contributed by atoms with Gasteiger partial charge in [-0.2, -0.15) is 8.78 Å². The minimum absolute atomic E-state index is 0.234. The lowest BCUT2D eigenvalue weighted by molar-refractivity contribution is -0.160. The summed E-state index contributed by atoms with van der Waals surface area (Å²) >= 11 is 0. The zero-order valence-electron chi connectivity index (χ0n) is 11.2. The number of esters is 1. The second-order valence-corrected chi connectivity index (χ2v) is 6.07. The smallest absolute Gasteiger partial charge is 0.447 e. The molecule has 6 nitrogen and oxygen atoms in total. The highest BCUT2D eigenvalue weighted by Crippen LogP contribution is 2.31. The minimum Gasteiger partial charge on any atom is -0.461 e. The van der Waals surface area contributed by atoms with Crippen molar-refractivity contribution in [2.45, 2.75) is 17.3 Å². The fourth-order valence-electron chi connectivity index (χ4n) is 1.80. The molecule has 0 amide bonds. The molecule has 114 valence electrons. The number of hydrogen-bond acceptors (Lipinski definition) is 5. The van der Waals surface area contributed by atoms with Crippen molar-refractivity contribution in [3.63, 3.8) is 0 Å². The van der Waals surface area contributed by atoms with Gasteiger partial charge in [0, 0.05) is 7.05 Å². The summed E-state index contributed by atoms with van der Waals surface area (Å²) in [5, 5.41) is -5.58. The fourth-order valence-corrected chi connectivity index (χ4v) is 2.99. The van der Waals surface area contributed by atoms with Gasteiger partial charge in [0.1, 0.15) is 0 Å². The number of benzene rings is 1. The summed E-state index contributed by atoms with van der Waals surface area (Å²) in [6, 6.07) is 6.22. The first kappa shape index (κ1) is 15.4. The number of rotatable bonds is 4. The molecule has 1 heterocycles. The summed E-state index contributed by atoms with van der Waals surface area (Å²) in [7, 11) is -4.03. The standard InChI is InChI=1S/C12H12F2N2O4S/c1-3-20-10(17)12(13,14)21(18,19)11-15-8-6-4-5-7-9(8)16(11)2/h4-7H,3H2,1-2H3. The molecule has 0 unspecified atom stereocenters. The van der Waals surface area contributed by atoms with Gasteiger partial charge in [0.15, 0.2) is 0 Å². The van der Waals surface area contributed by atoms with Crippen LogP contribution in [0.5, 0.6) is 0 Å². The zero-order chi connectivity index (χ0) is 15.8. The number of imidazole rings is 1. The van der Waals surface area contributed by atoms with Crippen molar-refractivity contribution in [3.8, 4) is 0 Å². The molecule has 0 fully saturated rings. The summed E-state index contributed by atoms with van der Waals surface area (Å²) in [4.78, 5) is 14.9. The first-order valence-electron chi connectivity index (χ1n) is 5.94. The summed E-state index contributed by atoms with van der Waals surface area (Å²) in [5.74, 6) is -2.11. The van der Waals surface area contributed by atoms with Crippen molar-refractivity contribution >= 4 is 26.8 Å². The molecule has 0 aliphatic rings. The average Bonchev–Trinajstić information content (AvgIpc) is 2.77. The van der Waals surface area contributed by atoms with Crippen LogP contribution in [-0.4, -0.2) is 35.8 Å². The topological polar surface area (TPSA) is 78.3 Å². The first-order valence-corrected chi connectivity index (χ1v) is 7.43. The Hall–Kier alpha value is -2.03. The second kappa shape index (κ2) is 5.06. The van der Waals surface area contributed by atoms with Crippen LogP contribution in [0.2, 0.25) is 0 Å². The van der Waals surface area contributed by atoms with Gasteiger partial charge in [0.2, 0.25) is 5.16 Å². The van der Waals surface area contributed by atoms with Gasteiger partial charge < -0.3 is 9.30 Å². The van der Waals surface area contributed by atoms with Crippen molar-refractivity contribution in [1.82, 2.24) is 9.55 Å². The number of hydrogen-bond donors (Lipinski definition) is 0. The maximum atomic E-state index is 13.9. The highest BCUT2D eigenvalue weighted by Gasteiger charge is 2.57. The first-order chi connectivity index (χ1) is 9.73. The lowest BCUT2D eigenvalue weighted by atomic mass is 10.3. The highest BCUT2D eigenvalue weighted by molar-refractivity contribution is 7.93. The summed E-state index contributed by atoms with van der Waals surface area (Å²) < 4.78 is 56.9. The number of aryl methyl sites for hydroxylation is 1. The van der Waals surface area contributed by atoms with Crippen molar-refractivity contribution in [2.75, 3.05) is 6.61 Å². The minimum atomic E-state index is -5.31. The molecule has 2 aromatic rings. The monoisotopic (exact) mass is 318 g/mol. The van der Waals surface area contributed by atoms with Crippen molar-refractivity contribution in [2.24, 2.45) is 7.05 Å². The largest absolute Gasteiger partial charge is 0.461 e. The number of carbonyl (C=O) groups excluding carboxylic acids is 1. The van der Waals surface area contributed by atoms with E-state index in [1.54, 1.807) is 12.1 Å². The lowest BCUT2D eigenvalue weighted by Gasteiger charge is -2.14. The fraction of sp³-hybridized carbons (Fsp3) is 0.333. The van der Waals surface area contributed by atoms with Crippen molar-refractivity contribution < 1.29 is 26.7 Å². The number of alkyl halides is 2. The Morgan fingerprint density at radius 2 is 2.00 bits per heavy atom. The number of carbonyl (C=O) groups is 1. The molecule has 0 atom stereocenters. The van der Waals surface area contributed by atoms with Crippen molar-refractivity contribution in [1.29, 1.82) is 0 Å². The van der Waals surface area contributed by atoms with Crippen LogP contribution in [0.15, 0.2) is 29.4 Å². The number of aromatic nitrogens is 2. The molecule has 1 aromatic heterocycles. The van der Waals surface area contributed by atoms with Gasteiger partial charge in [-0.3, -0.25) is 0 Å². The van der Waals surface area contributed by atoms with Crippen LogP contribution in [-0.2, 0) is 26.4 Å². The summed E-state index contributed by atoms with van der Waals surface area (Å²) in [5.41, 5.74) is 0.592. The van der Waals surface area contributed by atoms with Crippen LogP contribution < -0.4 is 0 Å². The molecule has 0 aliphatic carbocycles. The molecule has 21 heavy (non-hydrogen) atoms. The third kappa shape index (κ3) is 2.27. The van der Waals surface area contributed by atoms with E-state index < -0.39 is 26.2 Å². The lowest BCUT2D eigenvalue weighted by Crippen LogP contribution is -2.40. The average molecular weight is 318 g/mol. The van der Waals surface area contributed by atoms with E-state index in [2.05, 4.69) is 9.72 Å². The van der Waals surface area contributed by atoms with Crippen LogP contribution in [0.25, 0.3) is 11.0 Å². The van der Waals surface area contributed by atoms with Crippen LogP contribution in [0.1, 0.15) is 6.92 Å². The van der Waals surface area contributed by atoms with Gasteiger partial charge in [0.05, 0.1) is 17.6 Å². The predicted octanol–water partition coefficient (Wildman–Crippen LogP) is 1.50. The van der Waals surface area contributed by atoms with Gasteiger partial charge in [-0.1, -0.05) is 12.1 Å². The molecule has 9 heteroatoms. The normalized spacial score (nSPS) is 12.6. The molecule has 0 spiro atoms. The van der Waals surface area contributed by atoms with Gasteiger partial charge in [-0.15, -0.1) is 0 Å². The summed E-state index contributed by atoms with van der Waals surface area (Å²) in [6.45, 7) is 0.947. The van der Waals surface area contributed by atoms with E-state index in [0.717, 1.165) is 4.57 Å². The predicted molar refractivity (Wildman–Crippen MR) is 69.5 cm³/mol. The Labute approximate surface area is 119 Å². The molecule has 0 bridgehead atoms. The quantitative estimate of drug-likeness (QED) is 0.798. The summed E-state index contributed by atoms with van der Waals surface area (Å²) in [6.07, 6.45) is 0. The molecule has 2 rings (SSSR count). The van der Waals surface area contributed by atoms with Gasteiger partial charge in [-0.05, 0) is 19.1 Å². The number of fused-ring (bicyclic) bond motifs is 1. The molecule has 0 N–H and O–H groups in total. The number of nitrogens with zero attached hydrogens (tertiary/aromatic N) is 2. The third-order valence-electron chi connectivity index (χ3n) is 2.84. The van der Waals surface area contributed by atoms with E-state index >= 15 is 0 Å². The van der Waals surface area contributed by atoms with Gasteiger partial charge in [0.25, 0.3) is 9.84 Å². The van der Waals surface area contributed by atoms with Crippen LogP contribution in [0.3, 0.4) is 0 Å². The Morgan fingerprint density at radius 3 is 2.57 bits per heavy atom. The maximum Gasteiger partial charge on any atom is 0.447 e. The second-order valence-electron chi connectivity index (χ2n) is 4.18. The molecule has 0 saturated carbocycles. The number of para-hydroxylation sites is 2. The Kier molecular flexibility index (Phi) is 3.70. The molecule has 0 saturated heterocycles. The van der Waals surface area contributed by atoms with Crippen LogP contribution in [0.4, 0.5) is 8.78 Å². The van der Waals surface area contributed by atoms with E-state index in [9.17, 15) is 22.0 Å². The molecule has 0 radical (unpaired) electrons. The Morgan fingerprint density at radius 1 is 1.38 bits per heavy atom. The molecule has 0 aliphatic heterocycles. The van der Waals surface area contributed by atoms with E-state index in [0.29, 0.717) is 5.52 Å².